The smallest absolute Gasteiger partial charge is 0.410 e. The Morgan fingerprint density at radius 1 is 0.889 bits per heavy atom. The van der Waals surface area contributed by atoms with E-state index >= 15 is 0 Å². The normalized spacial score (nSPS) is 14.2. The van der Waals surface area contributed by atoms with Crippen LogP contribution in [0.4, 0.5) is 10.6 Å². The summed E-state index contributed by atoms with van der Waals surface area (Å²) >= 11 is 0. The first-order chi connectivity index (χ1) is 17.4. The number of aromatic nitrogens is 2. The number of rotatable bonds is 4. The van der Waals surface area contributed by atoms with Gasteiger partial charge in [-0.1, -0.05) is 30.3 Å². The number of carbonyl (C=O) groups is 2. The molecule has 7 heteroatoms. The Labute approximate surface area is 210 Å². The van der Waals surface area contributed by atoms with Crippen LogP contribution < -0.4 is 4.90 Å². The second-order valence-electron chi connectivity index (χ2n) is 9.94. The predicted molar refractivity (Wildman–Crippen MR) is 142 cm³/mol. The van der Waals surface area contributed by atoms with Gasteiger partial charge in [-0.05, 0) is 62.2 Å². The molecular formula is C29H30N4O3. The maximum atomic E-state index is 12.6. The minimum atomic E-state index is -0.534. The van der Waals surface area contributed by atoms with Crippen molar-refractivity contribution in [1.29, 1.82) is 0 Å². The maximum absolute atomic E-state index is 12.6. The van der Waals surface area contributed by atoms with Gasteiger partial charge in [0.2, 0.25) is 0 Å². The number of nitrogens with zero attached hydrogens (tertiary/aromatic N) is 4. The number of ether oxygens (including phenoxy) is 1. The lowest BCUT2D eigenvalue weighted by molar-refractivity contribution is 0.0240. The Balaban J connectivity index is 1.51. The average Bonchev–Trinajstić information content (AvgIpc) is 3.23. The number of para-hydroxylation sites is 1. The molecule has 0 N–H and O–H groups in total. The molecule has 4 aromatic rings. The first-order valence-electron chi connectivity index (χ1n) is 12.2. The number of benzene rings is 2. The van der Waals surface area contributed by atoms with E-state index in [2.05, 4.69) is 38.7 Å². The van der Waals surface area contributed by atoms with Gasteiger partial charge in [-0.25, -0.2) is 4.79 Å². The van der Waals surface area contributed by atoms with Crippen molar-refractivity contribution in [3.05, 3.63) is 78.6 Å². The molecule has 0 radical (unpaired) electrons. The quantitative estimate of drug-likeness (QED) is 0.356. The van der Waals surface area contributed by atoms with E-state index in [1.54, 1.807) is 17.3 Å². The van der Waals surface area contributed by atoms with Gasteiger partial charge in [0.25, 0.3) is 0 Å². The van der Waals surface area contributed by atoms with E-state index in [9.17, 15) is 9.59 Å². The zero-order chi connectivity index (χ0) is 25.3. The largest absolute Gasteiger partial charge is 0.444 e. The molecule has 0 aliphatic carbocycles. The SMILES string of the molecule is CC(C)(C)OC(=O)N1CCN(c2c(C=O)c3ccccc3n2-c2ccc(-c3ccncc3)cc2)CC1. The topological polar surface area (TPSA) is 67.7 Å². The van der Waals surface area contributed by atoms with Gasteiger partial charge < -0.3 is 14.5 Å². The van der Waals surface area contributed by atoms with Crippen molar-refractivity contribution in [3.8, 4) is 16.8 Å². The predicted octanol–water partition coefficient (Wildman–Crippen LogP) is 5.56. The van der Waals surface area contributed by atoms with Crippen LogP contribution in [-0.2, 0) is 4.74 Å². The van der Waals surface area contributed by atoms with E-state index < -0.39 is 5.60 Å². The van der Waals surface area contributed by atoms with Crippen LogP contribution in [-0.4, -0.2) is 58.6 Å². The number of amides is 1. The van der Waals surface area contributed by atoms with E-state index in [-0.39, 0.29) is 6.09 Å². The van der Waals surface area contributed by atoms with Gasteiger partial charge >= 0.3 is 6.09 Å². The standard InChI is InChI=1S/C29H30N4O3/c1-29(2,3)36-28(35)32-18-16-31(17-19-32)27-25(20-34)24-6-4-5-7-26(24)33(27)23-10-8-21(9-11-23)22-12-14-30-15-13-22/h4-15,20H,16-19H2,1-3H3. The van der Waals surface area contributed by atoms with Gasteiger partial charge in [0.1, 0.15) is 11.4 Å². The zero-order valence-electron chi connectivity index (χ0n) is 20.8. The van der Waals surface area contributed by atoms with Gasteiger partial charge in [-0.15, -0.1) is 0 Å². The minimum absolute atomic E-state index is 0.301. The molecule has 0 spiro atoms. The van der Waals surface area contributed by atoms with Crippen LogP contribution in [0.3, 0.4) is 0 Å². The molecule has 1 saturated heterocycles. The number of piperazine rings is 1. The third kappa shape index (κ3) is 4.56. The summed E-state index contributed by atoms with van der Waals surface area (Å²) in [7, 11) is 0. The van der Waals surface area contributed by atoms with Gasteiger partial charge in [-0.3, -0.25) is 14.3 Å². The molecule has 2 aromatic carbocycles. The van der Waals surface area contributed by atoms with Gasteiger partial charge in [0.15, 0.2) is 6.29 Å². The van der Waals surface area contributed by atoms with Crippen LogP contribution in [0.1, 0.15) is 31.1 Å². The van der Waals surface area contributed by atoms with E-state index in [0.717, 1.165) is 39.8 Å². The molecule has 3 heterocycles. The van der Waals surface area contributed by atoms with E-state index in [1.165, 1.54) is 0 Å². The molecule has 1 amide bonds. The summed E-state index contributed by atoms with van der Waals surface area (Å²) in [6.45, 7) is 7.87. The Morgan fingerprint density at radius 2 is 1.53 bits per heavy atom. The summed E-state index contributed by atoms with van der Waals surface area (Å²) in [5.41, 5.74) is 4.27. The highest BCUT2D eigenvalue weighted by Crippen LogP contribution is 2.36. The summed E-state index contributed by atoms with van der Waals surface area (Å²) in [5, 5.41) is 0.912. The highest BCUT2D eigenvalue weighted by Gasteiger charge is 2.29. The van der Waals surface area contributed by atoms with Crippen molar-refractivity contribution in [2.24, 2.45) is 0 Å². The fourth-order valence-corrected chi connectivity index (χ4v) is 4.72. The number of pyridine rings is 1. The van der Waals surface area contributed by atoms with Crippen LogP contribution in [0.15, 0.2) is 73.1 Å². The van der Waals surface area contributed by atoms with E-state index in [4.69, 9.17) is 4.74 Å². The Hall–Kier alpha value is -4.13. The molecule has 1 aliphatic heterocycles. The van der Waals surface area contributed by atoms with E-state index in [1.807, 2.05) is 57.2 Å². The third-order valence-corrected chi connectivity index (χ3v) is 6.38. The van der Waals surface area contributed by atoms with Crippen LogP contribution in [0.2, 0.25) is 0 Å². The molecule has 7 nitrogen and oxygen atoms in total. The summed E-state index contributed by atoms with van der Waals surface area (Å²) in [6.07, 6.45) is 4.21. The fraction of sp³-hybridized carbons (Fsp3) is 0.276. The molecule has 5 rings (SSSR count). The number of anilines is 1. The lowest BCUT2D eigenvalue weighted by Crippen LogP contribution is -2.50. The van der Waals surface area contributed by atoms with Crippen molar-refractivity contribution >= 4 is 29.1 Å². The molecular weight excluding hydrogens is 452 g/mol. The maximum Gasteiger partial charge on any atom is 0.410 e. The number of fused-ring (bicyclic) bond motifs is 1. The highest BCUT2D eigenvalue weighted by atomic mass is 16.6. The fourth-order valence-electron chi connectivity index (χ4n) is 4.72. The lowest BCUT2D eigenvalue weighted by atomic mass is 10.1. The van der Waals surface area contributed by atoms with Crippen molar-refractivity contribution in [1.82, 2.24) is 14.5 Å². The molecule has 36 heavy (non-hydrogen) atoms. The van der Waals surface area contributed by atoms with Crippen LogP contribution in [0, 0.1) is 0 Å². The molecule has 2 aromatic heterocycles. The summed E-state index contributed by atoms with van der Waals surface area (Å²) < 4.78 is 7.71. The third-order valence-electron chi connectivity index (χ3n) is 6.38. The number of hydrogen-bond donors (Lipinski definition) is 0. The van der Waals surface area contributed by atoms with Gasteiger partial charge in [0, 0.05) is 49.6 Å². The molecule has 0 atom stereocenters. The first-order valence-corrected chi connectivity index (χ1v) is 12.2. The Bertz CT molecular complexity index is 1380. The molecule has 1 fully saturated rings. The van der Waals surface area contributed by atoms with Crippen molar-refractivity contribution in [3.63, 3.8) is 0 Å². The highest BCUT2D eigenvalue weighted by molar-refractivity contribution is 6.05. The first kappa shape index (κ1) is 23.6. The Kier molecular flexibility index (Phi) is 6.22. The molecule has 1 aliphatic rings. The summed E-state index contributed by atoms with van der Waals surface area (Å²) in [5.74, 6) is 0.853. The lowest BCUT2D eigenvalue weighted by Gasteiger charge is -2.37. The van der Waals surface area contributed by atoms with Crippen molar-refractivity contribution < 1.29 is 14.3 Å². The number of carbonyl (C=O) groups excluding carboxylic acids is 2. The van der Waals surface area contributed by atoms with Gasteiger partial charge in [-0.2, -0.15) is 0 Å². The van der Waals surface area contributed by atoms with Crippen LogP contribution in [0.5, 0.6) is 0 Å². The van der Waals surface area contributed by atoms with Crippen molar-refractivity contribution in [2.75, 3.05) is 31.1 Å². The van der Waals surface area contributed by atoms with E-state index in [0.29, 0.717) is 31.7 Å². The summed E-state index contributed by atoms with van der Waals surface area (Å²) in [4.78, 5) is 33.0. The molecule has 184 valence electrons. The molecule has 0 unspecified atom stereocenters. The Morgan fingerprint density at radius 3 is 2.17 bits per heavy atom. The minimum Gasteiger partial charge on any atom is -0.444 e. The second-order valence-corrected chi connectivity index (χ2v) is 9.94. The second kappa shape index (κ2) is 9.49. The molecule has 0 bridgehead atoms. The average molecular weight is 483 g/mol. The number of aldehydes is 1. The zero-order valence-corrected chi connectivity index (χ0v) is 20.8. The molecule has 0 saturated carbocycles. The number of hydrogen-bond acceptors (Lipinski definition) is 5. The van der Waals surface area contributed by atoms with Crippen LogP contribution in [0.25, 0.3) is 27.7 Å². The monoisotopic (exact) mass is 482 g/mol. The van der Waals surface area contributed by atoms with Crippen LogP contribution >= 0.6 is 0 Å². The summed E-state index contributed by atoms with van der Waals surface area (Å²) in [6, 6.07) is 20.3. The van der Waals surface area contributed by atoms with Crippen molar-refractivity contribution in [2.45, 2.75) is 26.4 Å². The van der Waals surface area contributed by atoms with Gasteiger partial charge in [0.05, 0.1) is 11.1 Å².